The molecule has 2 unspecified atom stereocenters. The monoisotopic (exact) mass is 493 g/mol. The predicted octanol–water partition coefficient (Wildman–Crippen LogP) is 2.00. The average Bonchev–Trinajstić information content (AvgIpc) is 3.32. The van der Waals surface area contributed by atoms with Gasteiger partial charge in [0.15, 0.2) is 5.96 Å². The Morgan fingerprint density at radius 2 is 2.15 bits per heavy atom. The molecule has 0 saturated carbocycles. The van der Waals surface area contributed by atoms with Gasteiger partial charge in [-0.2, -0.15) is 0 Å². The quantitative estimate of drug-likeness (QED) is 0.361. The molecule has 2 N–H and O–H groups in total. The molecule has 0 bridgehead atoms. The maximum Gasteiger partial charge on any atom is 0.191 e. The van der Waals surface area contributed by atoms with Crippen LogP contribution in [0.4, 0.5) is 0 Å². The second kappa shape index (κ2) is 11.4. The van der Waals surface area contributed by atoms with Crippen molar-refractivity contribution in [2.24, 2.45) is 4.99 Å². The summed E-state index contributed by atoms with van der Waals surface area (Å²) in [6, 6.07) is 4.82. The van der Waals surface area contributed by atoms with Crippen LogP contribution in [0.2, 0.25) is 0 Å². The number of nitrogens with zero attached hydrogens (tertiary/aromatic N) is 3. The minimum Gasteiger partial charge on any atom is -0.374 e. The Hall–Kier alpha value is -0.420. The molecule has 1 aromatic rings. The molecule has 2 atom stereocenters. The van der Waals surface area contributed by atoms with Crippen LogP contribution in [0.3, 0.4) is 0 Å². The van der Waals surface area contributed by atoms with Crippen LogP contribution in [-0.4, -0.2) is 81.8 Å². The molecule has 26 heavy (non-hydrogen) atoms. The normalized spacial score (nSPS) is 23.5. The molecule has 0 aliphatic carbocycles. The molecule has 2 saturated heterocycles. The van der Waals surface area contributed by atoms with Gasteiger partial charge in [0.2, 0.25) is 0 Å². The van der Waals surface area contributed by atoms with Gasteiger partial charge in [-0.05, 0) is 44.4 Å². The van der Waals surface area contributed by atoms with Gasteiger partial charge < -0.3 is 20.3 Å². The maximum absolute atomic E-state index is 5.82. The van der Waals surface area contributed by atoms with Gasteiger partial charge in [0.1, 0.15) is 0 Å². The summed E-state index contributed by atoms with van der Waals surface area (Å²) in [5, 5.41) is 9.11. The highest BCUT2D eigenvalue weighted by Crippen LogP contribution is 2.27. The van der Waals surface area contributed by atoms with E-state index < -0.39 is 0 Å². The van der Waals surface area contributed by atoms with Crippen molar-refractivity contribution in [2.45, 2.75) is 25.0 Å². The van der Waals surface area contributed by atoms with E-state index in [0.29, 0.717) is 6.04 Å². The molecule has 0 spiro atoms. The number of guanidine groups is 1. The van der Waals surface area contributed by atoms with Crippen LogP contribution in [0.25, 0.3) is 0 Å². The fourth-order valence-electron chi connectivity index (χ4n) is 3.56. The van der Waals surface area contributed by atoms with Crippen LogP contribution in [0.15, 0.2) is 22.5 Å². The van der Waals surface area contributed by atoms with Gasteiger partial charge in [0, 0.05) is 38.1 Å². The van der Waals surface area contributed by atoms with Crippen molar-refractivity contribution in [3.8, 4) is 0 Å². The summed E-state index contributed by atoms with van der Waals surface area (Å²) in [7, 11) is 3.98. The first-order valence-electron chi connectivity index (χ1n) is 9.28. The van der Waals surface area contributed by atoms with Crippen LogP contribution in [-0.2, 0) is 4.74 Å². The Kier molecular flexibility index (Phi) is 9.62. The van der Waals surface area contributed by atoms with Crippen molar-refractivity contribution in [3.63, 3.8) is 0 Å². The van der Waals surface area contributed by atoms with E-state index in [1.807, 2.05) is 18.4 Å². The van der Waals surface area contributed by atoms with Gasteiger partial charge in [0.05, 0.1) is 18.8 Å². The van der Waals surface area contributed by atoms with E-state index in [2.05, 4.69) is 50.0 Å². The van der Waals surface area contributed by atoms with Gasteiger partial charge in [-0.1, -0.05) is 6.07 Å². The highest BCUT2D eigenvalue weighted by molar-refractivity contribution is 14.0. The van der Waals surface area contributed by atoms with Crippen LogP contribution in [0, 0.1) is 0 Å². The number of thiophene rings is 1. The molecule has 0 aromatic carbocycles. The van der Waals surface area contributed by atoms with Gasteiger partial charge in [0.25, 0.3) is 0 Å². The van der Waals surface area contributed by atoms with Crippen LogP contribution in [0.1, 0.15) is 23.8 Å². The third-order valence-corrected chi connectivity index (χ3v) is 5.95. The Labute approximate surface area is 178 Å². The Balaban J connectivity index is 0.00000243. The number of likely N-dealkylation sites (N-methyl/N-ethyl adjacent to an activating group) is 1. The smallest absolute Gasteiger partial charge is 0.191 e. The molecule has 2 fully saturated rings. The van der Waals surface area contributed by atoms with Crippen molar-refractivity contribution in [1.82, 2.24) is 20.4 Å². The number of nitrogens with one attached hydrogen (secondary N) is 2. The van der Waals surface area contributed by atoms with Crippen LogP contribution in [0.5, 0.6) is 0 Å². The second-order valence-corrected chi connectivity index (χ2v) is 7.84. The molecule has 3 heterocycles. The molecule has 0 radical (unpaired) electrons. The van der Waals surface area contributed by atoms with E-state index in [1.165, 1.54) is 30.8 Å². The van der Waals surface area contributed by atoms with Gasteiger partial charge >= 0.3 is 0 Å². The third kappa shape index (κ3) is 6.33. The molecule has 8 heteroatoms. The number of likely N-dealkylation sites (tertiary alicyclic amines) is 1. The van der Waals surface area contributed by atoms with E-state index in [-0.39, 0.29) is 30.1 Å². The van der Waals surface area contributed by atoms with Crippen LogP contribution >= 0.6 is 35.3 Å². The summed E-state index contributed by atoms with van der Waals surface area (Å²) < 4.78 is 5.82. The zero-order valence-corrected chi connectivity index (χ0v) is 19.0. The third-order valence-electron chi connectivity index (χ3n) is 4.98. The first-order chi connectivity index (χ1) is 12.3. The maximum atomic E-state index is 5.82. The largest absolute Gasteiger partial charge is 0.374 e. The molecule has 148 valence electrons. The molecule has 1 aromatic heterocycles. The Morgan fingerprint density at radius 1 is 1.35 bits per heavy atom. The van der Waals surface area contributed by atoms with E-state index in [4.69, 9.17) is 4.74 Å². The van der Waals surface area contributed by atoms with Crippen molar-refractivity contribution >= 4 is 41.3 Å². The fourth-order valence-corrected chi connectivity index (χ4v) is 4.42. The number of halogens is 1. The first kappa shape index (κ1) is 21.9. The Morgan fingerprint density at radius 3 is 2.81 bits per heavy atom. The lowest BCUT2D eigenvalue weighted by atomic mass is 10.2. The van der Waals surface area contributed by atoms with E-state index >= 15 is 0 Å². The minimum atomic E-state index is 0. The lowest BCUT2D eigenvalue weighted by molar-refractivity contribution is -0.0161. The van der Waals surface area contributed by atoms with E-state index in [9.17, 15) is 0 Å². The summed E-state index contributed by atoms with van der Waals surface area (Å²) in [6.07, 6.45) is 2.84. The van der Waals surface area contributed by atoms with Crippen molar-refractivity contribution in [1.29, 1.82) is 0 Å². The lowest BCUT2D eigenvalue weighted by Gasteiger charge is -2.31. The first-order valence-corrected chi connectivity index (χ1v) is 10.2. The SMILES string of the molecule is CN=C(NCC1CN(C)CCO1)NCC(c1cccs1)N1CCCC1.I. The van der Waals surface area contributed by atoms with Crippen molar-refractivity contribution in [3.05, 3.63) is 22.4 Å². The topological polar surface area (TPSA) is 52.1 Å². The molecule has 2 aliphatic heterocycles. The summed E-state index contributed by atoms with van der Waals surface area (Å²) >= 11 is 1.85. The summed E-state index contributed by atoms with van der Waals surface area (Å²) in [6.45, 7) is 6.85. The summed E-state index contributed by atoms with van der Waals surface area (Å²) in [4.78, 5) is 10.7. The number of aliphatic imine (C=N–C) groups is 1. The molecule has 3 rings (SSSR count). The lowest BCUT2D eigenvalue weighted by Crippen LogP contribution is -2.49. The van der Waals surface area contributed by atoms with Gasteiger partial charge in [-0.3, -0.25) is 9.89 Å². The van der Waals surface area contributed by atoms with E-state index in [0.717, 1.165) is 38.7 Å². The fraction of sp³-hybridized carbons (Fsp3) is 0.722. The Bertz CT molecular complexity index is 536. The molecule has 6 nitrogen and oxygen atoms in total. The number of hydrogen-bond donors (Lipinski definition) is 2. The van der Waals surface area contributed by atoms with Gasteiger partial charge in [-0.25, -0.2) is 0 Å². The highest BCUT2D eigenvalue weighted by Gasteiger charge is 2.24. The standard InChI is InChI=1S/C18H31N5OS.HI/c1-19-18(20-12-15-14-22(2)9-10-24-15)21-13-16(17-6-5-11-25-17)23-7-3-4-8-23;/h5-6,11,15-16H,3-4,7-10,12-14H2,1-2H3,(H2,19,20,21);1H. The number of rotatable bonds is 6. The van der Waals surface area contributed by atoms with E-state index in [1.54, 1.807) is 0 Å². The zero-order chi connectivity index (χ0) is 17.5. The van der Waals surface area contributed by atoms with Gasteiger partial charge in [-0.15, -0.1) is 35.3 Å². The molecular weight excluding hydrogens is 461 g/mol. The summed E-state index contributed by atoms with van der Waals surface area (Å²) in [5.41, 5.74) is 0. The average molecular weight is 493 g/mol. The highest BCUT2D eigenvalue weighted by atomic mass is 127. The zero-order valence-electron chi connectivity index (χ0n) is 15.8. The number of hydrogen-bond acceptors (Lipinski definition) is 5. The van der Waals surface area contributed by atoms with Crippen LogP contribution < -0.4 is 10.6 Å². The molecular formula is C18H32IN5OS. The minimum absolute atomic E-state index is 0. The predicted molar refractivity (Wildman–Crippen MR) is 120 cm³/mol. The van der Waals surface area contributed by atoms with Crippen molar-refractivity contribution < 1.29 is 4.74 Å². The summed E-state index contributed by atoms with van der Waals surface area (Å²) in [5.74, 6) is 0.859. The second-order valence-electron chi connectivity index (χ2n) is 6.86. The molecule has 2 aliphatic rings. The number of morpholine rings is 1. The number of ether oxygens (including phenoxy) is 1. The molecule has 0 amide bonds. The van der Waals surface area contributed by atoms with Crippen molar-refractivity contribution in [2.75, 3.05) is 60.0 Å².